The van der Waals surface area contributed by atoms with Crippen LogP contribution in [0.4, 0.5) is 5.82 Å². The van der Waals surface area contributed by atoms with Crippen molar-refractivity contribution in [2.24, 2.45) is 0 Å². The van der Waals surface area contributed by atoms with Crippen LogP contribution in [-0.2, 0) is 6.42 Å². The number of hydrogen-bond donors (Lipinski definition) is 2. The second-order valence-electron chi connectivity index (χ2n) is 4.38. The van der Waals surface area contributed by atoms with Gasteiger partial charge in [-0.1, -0.05) is 19.4 Å². The molecule has 0 aliphatic rings. The van der Waals surface area contributed by atoms with E-state index in [9.17, 15) is 5.11 Å². The lowest BCUT2D eigenvalue weighted by molar-refractivity contribution is 0.408. The van der Waals surface area contributed by atoms with Crippen molar-refractivity contribution in [3.05, 3.63) is 35.9 Å². The van der Waals surface area contributed by atoms with Gasteiger partial charge in [-0.25, -0.2) is 4.98 Å². The lowest BCUT2D eigenvalue weighted by Gasteiger charge is -2.12. The van der Waals surface area contributed by atoms with Crippen LogP contribution in [0.3, 0.4) is 0 Å². The molecule has 0 saturated carbocycles. The van der Waals surface area contributed by atoms with Crippen LogP contribution >= 0.6 is 0 Å². The third-order valence-electron chi connectivity index (χ3n) is 2.97. The lowest BCUT2D eigenvalue weighted by Crippen LogP contribution is -1.96. The number of aryl methyl sites for hydroxylation is 1. The minimum Gasteiger partial charge on any atom is -0.508 e. The monoisotopic (exact) mass is 258 g/mol. The van der Waals surface area contributed by atoms with Gasteiger partial charge < -0.3 is 15.6 Å². The van der Waals surface area contributed by atoms with Gasteiger partial charge in [0.05, 0.1) is 12.8 Å². The van der Waals surface area contributed by atoms with Crippen LogP contribution in [0, 0.1) is 0 Å². The van der Waals surface area contributed by atoms with E-state index in [0.29, 0.717) is 11.6 Å². The van der Waals surface area contributed by atoms with Gasteiger partial charge in [-0.05, 0) is 30.2 Å². The molecule has 4 heteroatoms. The van der Waals surface area contributed by atoms with Crippen LogP contribution in [-0.4, -0.2) is 17.2 Å². The summed E-state index contributed by atoms with van der Waals surface area (Å²) in [6.07, 6.45) is 1.77. The molecule has 100 valence electrons. The van der Waals surface area contributed by atoms with Crippen molar-refractivity contribution in [1.29, 1.82) is 0 Å². The molecule has 1 aromatic carbocycles. The molecule has 0 aliphatic carbocycles. The Morgan fingerprint density at radius 3 is 2.74 bits per heavy atom. The lowest BCUT2D eigenvalue weighted by atomic mass is 10.0. The number of aromatic nitrogens is 1. The molecule has 0 unspecified atom stereocenters. The Morgan fingerprint density at radius 2 is 2.11 bits per heavy atom. The molecule has 2 rings (SSSR count). The van der Waals surface area contributed by atoms with Crippen molar-refractivity contribution in [1.82, 2.24) is 4.98 Å². The molecule has 2 aromatic rings. The number of pyridine rings is 1. The highest BCUT2D eigenvalue weighted by molar-refractivity contribution is 5.71. The van der Waals surface area contributed by atoms with Gasteiger partial charge in [-0.3, -0.25) is 0 Å². The summed E-state index contributed by atoms with van der Waals surface area (Å²) in [5.41, 5.74) is 8.19. The molecule has 1 aromatic heterocycles. The number of benzene rings is 1. The van der Waals surface area contributed by atoms with E-state index >= 15 is 0 Å². The number of ether oxygens (including phenoxy) is 1. The first-order valence-corrected chi connectivity index (χ1v) is 6.28. The highest BCUT2D eigenvalue weighted by Crippen LogP contribution is 2.35. The smallest absolute Gasteiger partial charge is 0.131 e. The van der Waals surface area contributed by atoms with Crippen LogP contribution in [0.5, 0.6) is 11.5 Å². The molecule has 0 bridgehead atoms. The average Bonchev–Trinajstić information content (AvgIpc) is 2.40. The van der Waals surface area contributed by atoms with Gasteiger partial charge in [0.25, 0.3) is 0 Å². The molecule has 3 N–H and O–H groups in total. The zero-order valence-corrected chi connectivity index (χ0v) is 11.2. The summed E-state index contributed by atoms with van der Waals surface area (Å²) in [6, 6.07) is 9.01. The maximum atomic E-state index is 9.95. The number of anilines is 1. The van der Waals surface area contributed by atoms with Gasteiger partial charge in [0, 0.05) is 11.6 Å². The van der Waals surface area contributed by atoms with Gasteiger partial charge in [0.1, 0.15) is 17.3 Å². The quantitative estimate of drug-likeness (QED) is 0.884. The molecule has 4 nitrogen and oxygen atoms in total. The topological polar surface area (TPSA) is 68.4 Å². The zero-order valence-electron chi connectivity index (χ0n) is 11.2. The number of phenols is 1. The Bertz CT molecular complexity index is 582. The van der Waals surface area contributed by atoms with E-state index in [0.717, 1.165) is 29.7 Å². The van der Waals surface area contributed by atoms with Crippen molar-refractivity contribution >= 4 is 5.82 Å². The van der Waals surface area contributed by atoms with E-state index in [-0.39, 0.29) is 5.75 Å². The van der Waals surface area contributed by atoms with E-state index in [1.807, 2.05) is 18.2 Å². The summed E-state index contributed by atoms with van der Waals surface area (Å²) in [5.74, 6) is 1.31. The second-order valence-corrected chi connectivity index (χ2v) is 4.38. The SMILES string of the molecule is CCCc1cc(-c2cccc(N)n2)c(OC)cc1O. The molecule has 0 amide bonds. The number of phenolic OH excluding ortho intramolecular Hbond substituents is 1. The minimum atomic E-state index is 0.256. The fourth-order valence-electron chi connectivity index (χ4n) is 2.05. The van der Waals surface area contributed by atoms with Crippen LogP contribution in [0.15, 0.2) is 30.3 Å². The van der Waals surface area contributed by atoms with Crippen molar-refractivity contribution in [3.8, 4) is 22.8 Å². The third-order valence-corrected chi connectivity index (χ3v) is 2.97. The largest absolute Gasteiger partial charge is 0.508 e. The zero-order chi connectivity index (χ0) is 13.8. The van der Waals surface area contributed by atoms with Crippen LogP contribution in [0.25, 0.3) is 11.3 Å². The Labute approximate surface area is 112 Å². The molecule has 1 heterocycles. The van der Waals surface area contributed by atoms with E-state index in [4.69, 9.17) is 10.5 Å². The highest BCUT2D eigenvalue weighted by atomic mass is 16.5. The Balaban J connectivity index is 2.57. The van der Waals surface area contributed by atoms with E-state index in [1.165, 1.54) is 0 Å². The number of nitrogens with two attached hydrogens (primary N) is 1. The highest BCUT2D eigenvalue weighted by Gasteiger charge is 2.12. The van der Waals surface area contributed by atoms with Crippen LogP contribution in [0.2, 0.25) is 0 Å². The van der Waals surface area contributed by atoms with Crippen molar-refractivity contribution in [2.75, 3.05) is 12.8 Å². The summed E-state index contributed by atoms with van der Waals surface area (Å²) >= 11 is 0. The predicted octanol–water partition coefficient (Wildman–Crippen LogP) is 3.00. The standard InChI is InChI=1S/C15H18N2O2/c1-3-5-10-8-11(14(19-2)9-13(10)18)12-6-4-7-15(16)17-12/h4,6-9,18H,3,5H2,1-2H3,(H2,16,17). The molecule has 0 saturated heterocycles. The molecule has 19 heavy (non-hydrogen) atoms. The summed E-state index contributed by atoms with van der Waals surface area (Å²) in [6.45, 7) is 2.07. The molecular formula is C15H18N2O2. The minimum absolute atomic E-state index is 0.256. The number of nitrogen functional groups attached to an aromatic ring is 1. The Morgan fingerprint density at radius 1 is 1.32 bits per heavy atom. The second kappa shape index (κ2) is 5.61. The summed E-state index contributed by atoms with van der Waals surface area (Å²) in [4.78, 5) is 4.30. The van der Waals surface area contributed by atoms with Gasteiger partial charge in [0.2, 0.25) is 0 Å². The van der Waals surface area contributed by atoms with Crippen LogP contribution < -0.4 is 10.5 Å². The van der Waals surface area contributed by atoms with Crippen molar-refractivity contribution < 1.29 is 9.84 Å². The number of nitrogens with zero attached hydrogens (tertiary/aromatic N) is 1. The molecule has 0 atom stereocenters. The molecule has 0 spiro atoms. The van der Waals surface area contributed by atoms with Gasteiger partial charge in [-0.2, -0.15) is 0 Å². The number of methoxy groups -OCH3 is 1. The molecule has 0 aliphatic heterocycles. The fourth-order valence-corrected chi connectivity index (χ4v) is 2.05. The third kappa shape index (κ3) is 2.78. The summed E-state index contributed by atoms with van der Waals surface area (Å²) in [7, 11) is 1.57. The number of rotatable bonds is 4. The summed E-state index contributed by atoms with van der Waals surface area (Å²) in [5, 5.41) is 9.95. The Hall–Kier alpha value is -2.23. The summed E-state index contributed by atoms with van der Waals surface area (Å²) < 4.78 is 5.31. The first-order chi connectivity index (χ1) is 9.15. The van der Waals surface area contributed by atoms with E-state index in [1.54, 1.807) is 19.2 Å². The molecule has 0 radical (unpaired) electrons. The van der Waals surface area contributed by atoms with Gasteiger partial charge >= 0.3 is 0 Å². The normalized spacial score (nSPS) is 10.4. The first-order valence-electron chi connectivity index (χ1n) is 6.28. The van der Waals surface area contributed by atoms with Gasteiger partial charge in [-0.15, -0.1) is 0 Å². The fraction of sp³-hybridized carbons (Fsp3) is 0.267. The van der Waals surface area contributed by atoms with E-state index in [2.05, 4.69) is 11.9 Å². The van der Waals surface area contributed by atoms with E-state index < -0.39 is 0 Å². The Kier molecular flexibility index (Phi) is 3.90. The van der Waals surface area contributed by atoms with Crippen LogP contribution in [0.1, 0.15) is 18.9 Å². The maximum absolute atomic E-state index is 9.95. The van der Waals surface area contributed by atoms with Gasteiger partial charge in [0.15, 0.2) is 0 Å². The average molecular weight is 258 g/mol. The molecular weight excluding hydrogens is 240 g/mol. The maximum Gasteiger partial charge on any atom is 0.131 e. The predicted molar refractivity (Wildman–Crippen MR) is 76.3 cm³/mol. The number of hydrogen-bond acceptors (Lipinski definition) is 4. The first kappa shape index (κ1) is 13.2. The molecule has 0 fully saturated rings. The van der Waals surface area contributed by atoms with Crippen molar-refractivity contribution in [3.63, 3.8) is 0 Å². The number of aromatic hydroxyl groups is 1. The van der Waals surface area contributed by atoms with Crippen molar-refractivity contribution in [2.45, 2.75) is 19.8 Å².